The Morgan fingerprint density at radius 3 is 1.69 bits per heavy atom. The van der Waals surface area contributed by atoms with E-state index < -0.39 is 114 Å². The summed E-state index contributed by atoms with van der Waals surface area (Å²) in [5.41, 5.74) is 20.0. The van der Waals surface area contributed by atoms with Gasteiger partial charge in [0.2, 0.25) is 47.3 Å². The van der Waals surface area contributed by atoms with E-state index in [0.29, 0.717) is 24.0 Å². The molecule has 81 heavy (non-hydrogen) atoms. The highest BCUT2D eigenvalue weighted by molar-refractivity contribution is 7.80. The number of hydrogen-bond donors (Lipinski definition) is 14. The first-order valence-electron chi connectivity index (χ1n) is 26.8. The van der Waals surface area contributed by atoms with Crippen molar-refractivity contribution in [3.05, 3.63) is 108 Å². The van der Waals surface area contributed by atoms with Gasteiger partial charge in [0.05, 0.1) is 12.1 Å². The largest absolute Gasteiger partial charge is 0.480 e. The van der Waals surface area contributed by atoms with Crippen LogP contribution in [0.2, 0.25) is 0 Å². The number of carboxylic acids is 1. The highest BCUT2D eigenvalue weighted by Gasteiger charge is 2.43. The molecule has 3 aromatic carbocycles. The lowest BCUT2D eigenvalue weighted by Crippen LogP contribution is -2.62. The smallest absolute Gasteiger partial charge is 0.327 e. The topological polar surface area (TPSA) is 379 Å². The van der Waals surface area contributed by atoms with Gasteiger partial charge in [-0.15, -0.1) is 0 Å². The number of benzene rings is 3. The molecule has 24 nitrogen and oxygen atoms in total. The molecule has 10 atom stereocenters. The Morgan fingerprint density at radius 2 is 1.15 bits per heavy atom. The van der Waals surface area contributed by atoms with Gasteiger partial charge in [-0.05, 0) is 68.2 Å². The van der Waals surface area contributed by atoms with Crippen molar-refractivity contribution < 1.29 is 53.4 Å². The minimum atomic E-state index is -1.71. The third-order valence-corrected chi connectivity index (χ3v) is 14.9. The van der Waals surface area contributed by atoms with Crippen LogP contribution in [0.3, 0.4) is 0 Å². The number of aliphatic hydroxyl groups is 1. The number of nitrogens with two attached hydrogens (primary N) is 3. The lowest BCUT2D eigenvalue weighted by molar-refractivity contribution is -0.144. The predicted molar refractivity (Wildman–Crippen MR) is 308 cm³/mol. The second-order valence-corrected chi connectivity index (χ2v) is 20.8. The number of H-pyrrole nitrogens is 1. The summed E-state index contributed by atoms with van der Waals surface area (Å²) in [5.74, 6) is -7.72. The minimum absolute atomic E-state index is 0.000400. The zero-order valence-electron chi connectivity index (χ0n) is 44.9. The van der Waals surface area contributed by atoms with E-state index in [9.17, 15) is 53.4 Å². The first-order chi connectivity index (χ1) is 38.8. The number of aromatic amines is 1. The van der Waals surface area contributed by atoms with Gasteiger partial charge in [0.25, 0.3) is 0 Å². The maximum Gasteiger partial charge on any atom is 0.327 e. The van der Waals surface area contributed by atoms with Crippen LogP contribution in [-0.2, 0) is 62.4 Å². The quantitative estimate of drug-likeness (QED) is 0.0138. The van der Waals surface area contributed by atoms with Gasteiger partial charge in [-0.1, -0.05) is 78.9 Å². The number of likely N-dealkylation sites (tertiary alicyclic amines) is 2. The fraction of sp³-hybridized carbons (Fsp3) is 0.455. The van der Waals surface area contributed by atoms with Crippen LogP contribution in [0.15, 0.2) is 96.1 Å². The summed E-state index contributed by atoms with van der Waals surface area (Å²) >= 11 is 8.18. The summed E-state index contributed by atoms with van der Waals surface area (Å²) in [4.78, 5) is 135. The van der Waals surface area contributed by atoms with Gasteiger partial charge in [0, 0.05) is 67.5 Å². The van der Waals surface area contributed by atoms with Gasteiger partial charge in [-0.2, -0.15) is 25.3 Å². The second-order valence-electron chi connectivity index (χ2n) is 20.1. The van der Waals surface area contributed by atoms with Crippen molar-refractivity contribution in [3.8, 4) is 0 Å². The van der Waals surface area contributed by atoms with Crippen molar-refractivity contribution in [2.24, 2.45) is 22.2 Å². The molecule has 4 aromatic rings. The summed E-state index contributed by atoms with van der Waals surface area (Å²) in [6, 6.07) is 13.4. The Morgan fingerprint density at radius 1 is 0.642 bits per heavy atom. The zero-order chi connectivity index (χ0) is 58.8. The van der Waals surface area contributed by atoms with E-state index in [1.165, 1.54) is 16.7 Å². The molecule has 2 saturated heterocycles. The molecule has 8 amide bonds. The number of carboxylic acid groups (broad SMARTS) is 1. The molecule has 0 spiro atoms. The molecule has 26 heteroatoms. The summed E-state index contributed by atoms with van der Waals surface area (Å²) in [6.07, 6.45) is 1.43. The number of carbonyl (C=O) groups is 9. The number of fused-ring (bicyclic) bond motifs is 1. The molecular formula is C55H73N13O11S2. The van der Waals surface area contributed by atoms with Crippen LogP contribution in [0.25, 0.3) is 10.9 Å². The lowest BCUT2D eigenvalue weighted by Gasteiger charge is -2.32. The Kier molecular flexibility index (Phi) is 23.3. The third-order valence-electron chi connectivity index (χ3n) is 14.2. The van der Waals surface area contributed by atoms with Gasteiger partial charge >= 0.3 is 5.97 Å². The number of aliphatic hydroxyl groups excluding tert-OH is 1. The van der Waals surface area contributed by atoms with E-state index in [1.54, 1.807) is 66.9 Å². The Hall–Kier alpha value is -7.68. The maximum absolute atomic E-state index is 14.9. The van der Waals surface area contributed by atoms with Crippen molar-refractivity contribution in [2.45, 2.75) is 125 Å². The van der Waals surface area contributed by atoms with E-state index in [2.05, 4.69) is 67.1 Å². The maximum atomic E-state index is 14.9. The normalized spacial score (nSPS) is 17.9. The minimum Gasteiger partial charge on any atom is -0.480 e. The van der Waals surface area contributed by atoms with E-state index in [-0.39, 0.29) is 82.0 Å². The van der Waals surface area contributed by atoms with Crippen molar-refractivity contribution in [1.29, 1.82) is 0 Å². The molecule has 0 radical (unpaired) electrons. The summed E-state index contributed by atoms with van der Waals surface area (Å²) in [6.45, 7) is 1.54. The molecule has 0 saturated carbocycles. The molecule has 2 aliphatic rings. The summed E-state index contributed by atoms with van der Waals surface area (Å²) < 4.78 is 0. The van der Waals surface area contributed by atoms with E-state index >= 15 is 0 Å². The molecule has 1 aromatic heterocycles. The fourth-order valence-corrected chi connectivity index (χ4v) is 10.3. The third kappa shape index (κ3) is 17.4. The number of nitrogens with zero attached hydrogens (tertiary/aromatic N) is 3. The van der Waals surface area contributed by atoms with E-state index in [4.69, 9.17) is 17.2 Å². The van der Waals surface area contributed by atoms with Crippen LogP contribution in [0, 0.1) is 0 Å². The second kappa shape index (κ2) is 30.2. The average Bonchev–Trinajstić information content (AvgIpc) is 4.26. The highest BCUT2D eigenvalue weighted by atomic mass is 32.1. The number of amides is 8. The van der Waals surface area contributed by atoms with Crippen molar-refractivity contribution in [2.75, 3.05) is 31.1 Å². The molecule has 0 aliphatic carbocycles. The predicted octanol–water partition coefficient (Wildman–Crippen LogP) is -1.21. The fourth-order valence-electron chi connectivity index (χ4n) is 9.88. The molecular weight excluding hydrogens is 1080 g/mol. The number of para-hydroxylation sites is 1. The number of aliphatic carboxylic acids is 1. The SMILES string of the molecule is C[C@@H](O)[C@H](NC(=O)[C@H](CCCN=C(N)N)NC(=O)[C@@H]1CCCN1C(=O)[C@H](Cc1ccccc1)NC(=O)[C@@H]1CCCN1C(=O)[C@H](Cc1c[nH]c2ccccc12)NC(=O)[C@@H](N)CS)C(=O)N[C@@H](Cc1ccccc1)C(=O)N[C@@H](CS)C(=O)O. The number of thiol groups is 2. The van der Waals surface area contributed by atoms with Gasteiger partial charge in [0.15, 0.2) is 5.96 Å². The summed E-state index contributed by atoms with van der Waals surface area (Å²) in [5, 5.41) is 37.2. The molecule has 2 fully saturated rings. The standard InChI is InChI=1S/C55H73N13O11S2/c1-31(69)45(51(75)62-39(25-32-13-4-2-5-14-32)48(72)65-42(30-81)54(78)79)66-47(71)38(19-10-22-59-55(57)58)61-49(73)43-20-11-23-67(43)52(76)40(26-33-15-6-3-7-16-33)64-50(74)44-21-12-24-68(44)53(77)41(63-46(70)36(56)29-80)27-34-28-60-37-18-9-8-17-35(34)37/h2-9,13-18,28,31,36,38-45,60,69,80-81H,10-12,19-27,29-30,56H2,1H3,(H,61,73)(H,62,75)(H,63,70)(H,64,74)(H,65,72)(H,66,71)(H,78,79)(H4,57,58,59)/t31-,36+,38+,39+,40+,41+,42+,43+,44+,45+/m1/s1. The van der Waals surface area contributed by atoms with Crippen LogP contribution in [0.1, 0.15) is 62.1 Å². The molecule has 6 rings (SSSR count). The zero-order valence-corrected chi connectivity index (χ0v) is 46.7. The number of rotatable bonds is 28. The molecule has 3 heterocycles. The number of nitrogens with one attached hydrogen (secondary N) is 7. The summed E-state index contributed by atoms with van der Waals surface area (Å²) in [7, 11) is 0. The van der Waals surface area contributed by atoms with Crippen LogP contribution < -0.4 is 49.1 Å². The molecule has 15 N–H and O–H groups in total. The van der Waals surface area contributed by atoms with Crippen LogP contribution >= 0.6 is 25.3 Å². The average molecular weight is 1160 g/mol. The van der Waals surface area contributed by atoms with Crippen LogP contribution in [0.5, 0.6) is 0 Å². The lowest BCUT2D eigenvalue weighted by atomic mass is 10.0. The Balaban J connectivity index is 1.20. The number of guanidine groups is 1. The van der Waals surface area contributed by atoms with Crippen molar-refractivity contribution in [3.63, 3.8) is 0 Å². The van der Waals surface area contributed by atoms with Gasteiger partial charge in [-0.3, -0.25) is 43.3 Å². The number of aliphatic imine (C=N–C) groups is 1. The first kappa shape index (κ1) is 62.5. The molecule has 0 bridgehead atoms. The first-order valence-corrected chi connectivity index (χ1v) is 28.1. The molecule has 0 unspecified atom stereocenters. The van der Waals surface area contributed by atoms with E-state index in [0.717, 1.165) is 16.5 Å². The molecule has 436 valence electrons. The number of hydrogen-bond acceptors (Lipinski definition) is 14. The van der Waals surface area contributed by atoms with Crippen LogP contribution in [-0.4, -0.2) is 176 Å². The van der Waals surface area contributed by atoms with Crippen LogP contribution in [0.4, 0.5) is 0 Å². The van der Waals surface area contributed by atoms with Gasteiger partial charge < -0.3 is 74.1 Å². The van der Waals surface area contributed by atoms with E-state index in [1.807, 2.05) is 24.3 Å². The van der Waals surface area contributed by atoms with Crippen molar-refractivity contribution in [1.82, 2.24) is 46.7 Å². The van der Waals surface area contributed by atoms with Crippen molar-refractivity contribution >= 4 is 95.3 Å². The number of aromatic nitrogens is 1. The Bertz CT molecular complexity index is 2880. The highest BCUT2D eigenvalue weighted by Crippen LogP contribution is 2.25. The van der Waals surface area contributed by atoms with Gasteiger partial charge in [-0.25, -0.2) is 4.79 Å². The molecule has 2 aliphatic heterocycles. The number of carbonyl (C=O) groups excluding carboxylic acids is 8. The van der Waals surface area contributed by atoms with Gasteiger partial charge in [0.1, 0.15) is 48.3 Å². The Labute approximate surface area is 479 Å². The monoisotopic (exact) mass is 1160 g/mol.